The van der Waals surface area contributed by atoms with Gasteiger partial charge in [-0.05, 0) is 88.4 Å². The van der Waals surface area contributed by atoms with Crippen LogP contribution in [-0.2, 0) is 4.74 Å². The summed E-state index contributed by atoms with van der Waals surface area (Å²) in [6, 6.07) is 0.644. The maximum absolute atomic E-state index is 6.23. The first-order valence-electron chi connectivity index (χ1n) is 12.3. The van der Waals surface area contributed by atoms with Gasteiger partial charge >= 0.3 is 0 Å². The Kier molecular flexibility index (Phi) is 5.91. The van der Waals surface area contributed by atoms with E-state index in [4.69, 9.17) is 4.74 Å². The molecular weight excluding hydrogens is 368 g/mol. The van der Waals surface area contributed by atoms with Gasteiger partial charge in [0.2, 0.25) is 0 Å². The zero-order valence-electron chi connectivity index (χ0n) is 19.0. The van der Waals surface area contributed by atoms with E-state index in [1.54, 1.807) is 5.57 Å². The molecule has 3 heteroatoms. The van der Waals surface area contributed by atoms with Crippen molar-refractivity contribution in [3.05, 3.63) is 58.1 Å². The van der Waals surface area contributed by atoms with Gasteiger partial charge in [0, 0.05) is 30.4 Å². The molecule has 5 rings (SSSR count). The number of nitrogens with zero attached hydrogens (tertiary/aromatic N) is 2. The van der Waals surface area contributed by atoms with Gasteiger partial charge < -0.3 is 9.64 Å². The largest absolute Gasteiger partial charge is 0.496 e. The summed E-state index contributed by atoms with van der Waals surface area (Å²) in [5, 5.41) is 0. The summed E-state index contributed by atoms with van der Waals surface area (Å²) < 4.78 is 6.23. The van der Waals surface area contributed by atoms with Crippen LogP contribution in [0.5, 0.6) is 0 Å². The van der Waals surface area contributed by atoms with E-state index in [-0.39, 0.29) is 0 Å². The van der Waals surface area contributed by atoms with E-state index in [9.17, 15) is 0 Å². The van der Waals surface area contributed by atoms with Crippen LogP contribution in [0.25, 0.3) is 0 Å². The molecule has 0 radical (unpaired) electrons. The Bertz CT molecular complexity index is 826. The zero-order valence-corrected chi connectivity index (χ0v) is 19.0. The minimum atomic E-state index is 0.644. The maximum Gasteiger partial charge on any atom is 0.112 e. The Balaban J connectivity index is 1.48. The molecule has 0 N–H and O–H groups in total. The number of piperidine rings is 3. The molecule has 30 heavy (non-hydrogen) atoms. The summed E-state index contributed by atoms with van der Waals surface area (Å²) in [6.07, 6.45) is 19.6. The van der Waals surface area contributed by atoms with Crippen molar-refractivity contribution >= 4 is 0 Å². The predicted molar refractivity (Wildman–Crippen MR) is 124 cm³/mol. The molecule has 0 aromatic heterocycles. The lowest BCUT2D eigenvalue weighted by molar-refractivity contribution is 0.104. The van der Waals surface area contributed by atoms with E-state index in [1.807, 2.05) is 0 Å². The molecule has 0 aromatic rings. The molecule has 0 amide bonds. The number of hydrogen-bond donors (Lipinski definition) is 0. The third-order valence-corrected chi connectivity index (χ3v) is 7.66. The van der Waals surface area contributed by atoms with Crippen LogP contribution < -0.4 is 0 Å². The smallest absolute Gasteiger partial charge is 0.112 e. The van der Waals surface area contributed by atoms with Crippen molar-refractivity contribution in [1.29, 1.82) is 0 Å². The Morgan fingerprint density at radius 2 is 1.77 bits per heavy atom. The molecule has 5 aliphatic rings. The molecule has 3 saturated heterocycles. The van der Waals surface area contributed by atoms with Gasteiger partial charge in [0.05, 0.1) is 6.26 Å². The Morgan fingerprint density at radius 3 is 2.67 bits per heavy atom. The van der Waals surface area contributed by atoms with Gasteiger partial charge in [0.1, 0.15) is 6.61 Å². The van der Waals surface area contributed by atoms with Crippen LogP contribution in [0, 0.1) is 5.92 Å². The first-order chi connectivity index (χ1) is 14.7. The first kappa shape index (κ1) is 20.2. The summed E-state index contributed by atoms with van der Waals surface area (Å²) >= 11 is 0. The van der Waals surface area contributed by atoms with Crippen molar-refractivity contribution in [3.8, 4) is 0 Å². The average Bonchev–Trinajstić information content (AvgIpc) is 2.74. The predicted octanol–water partition coefficient (Wildman–Crippen LogP) is 5.74. The van der Waals surface area contributed by atoms with Crippen LogP contribution >= 0.6 is 0 Å². The average molecular weight is 407 g/mol. The highest BCUT2D eigenvalue weighted by Crippen LogP contribution is 2.37. The lowest BCUT2D eigenvalue weighted by Crippen LogP contribution is -2.48. The van der Waals surface area contributed by atoms with Crippen molar-refractivity contribution in [3.63, 3.8) is 0 Å². The van der Waals surface area contributed by atoms with E-state index < -0.39 is 0 Å². The van der Waals surface area contributed by atoms with Crippen molar-refractivity contribution in [1.82, 2.24) is 9.80 Å². The third-order valence-electron chi connectivity index (χ3n) is 7.66. The second-order valence-corrected chi connectivity index (χ2v) is 10.1. The minimum Gasteiger partial charge on any atom is -0.496 e. The fourth-order valence-electron chi connectivity index (χ4n) is 6.49. The lowest BCUT2D eigenvalue weighted by Gasteiger charge is -2.45. The molecule has 3 nitrogen and oxygen atoms in total. The molecule has 5 aliphatic heterocycles. The highest BCUT2D eigenvalue weighted by molar-refractivity contribution is 5.45. The topological polar surface area (TPSA) is 15.7 Å². The lowest BCUT2D eigenvalue weighted by atomic mass is 9.80. The number of rotatable bonds is 1. The van der Waals surface area contributed by atoms with Gasteiger partial charge in [-0.25, -0.2) is 0 Å². The highest BCUT2D eigenvalue weighted by atomic mass is 16.5. The molecular formula is C27H38N2O. The number of allylic oxidation sites excluding steroid dienone is 5. The standard InChI is InChI=1S/C27H38N2O/c1-20-15-22(17-24-9-5-12-28-11-3-7-21(2)26(24)28)18-30-19-25-10-6-14-29-13-4-8-23(16-20)27(25)29/h15-17,19,21,26H,3-14,18H2,1-2H3/b20-16?,22-15?,24-17-,25-19+. The molecule has 2 atom stereocenters. The van der Waals surface area contributed by atoms with Crippen LogP contribution in [0.3, 0.4) is 0 Å². The van der Waals surface area contributed by atoms with Gasteiger partial charge in [0.25, 0.3) is 0 Å². The number of hydrogen-bond acceptors (Lipinski definition) is 3. The van der Waals surface area contributed by atoms with Crippen molar-refractivity contribution in [2.45, 2.75) is 71.3 Å². The minimum absolute atomic E-state index is 0.644. The first-order valence-corrected chi connectivity index (χ1v) is 12.3. The van der Waals surface area contributed by atoms with Gasteiger partial charge in [-0.15, -0.1) is 0 Å². The summed E-state index contributed by atoms with van der Waals surface area (Å²) in [7, 11) is 0. The molecule has 0 aliphatic carbocycles. The fraction of sp³-hybridized carbons (Fsp3) is 0.630. The van der Waals surface area contributed by atoms with E-state index >= 15 is 0 Å². The van der Waals surface area contributed by atoms with Gasteiger partial charge in [-0.1, -0.05) is 36.3 Å². The Labute approximate surface area is 182 Å². The van der Waals surface area contributed by atoms with E-state index in [0.29, 0.717) is 12.6 Å². The van der Waals surface area contributed by atoms with Crippen LogP contribution in [-0.4, -0.2) is 48.6 Å². The molecule has 0 bridgehead atoms. The quantitative estimate of drug-likeness (QED) is 0.552. The van der Waals surface area contributed by atoms with Gasteiger partial charge in [-0.3, -0.25) is 4.90 Å². The molecule has 0 spiro atoms. The van der Waals surface area contributed by atoms with E-state index in [0.717, 1.165) is 12.3 Å². The van der Waals surface area contributed by atoms with Crippen molar-refractivity contribution in [2.75, 3.05) is 32.8 Å². The Hall–Kier alpha value is -1.74. The monoisotopic (exact) mass is 406 g/mol. The fourth-order valence-corrected chi connectivity index (χ4v) is 6.49. The second-order valence-electron chi connectivity index (χ2n) is 10.1. The maximum atomic E-state index is 6.23. The van der Waals surface area contributed by atoms with Crippen molar-refractivity contribution < 1.29 is 4.74 Å². The van der Waals surface area contributed by atoms with Crippen molar-refractivity contribution in [2.24, 2.45) is 5.92 Å². The van der Waals surface area contributed by atoms with Crippen LogP contribution in [0.15, 0.2) is 58.1 Å². The number of fused-ring (bicyclic) bond motifs is 1. The molecule has 2 unspecified atom stereocenters. The summed E-state index contributed by atoms with van der Waals surface area (Å²) in [4.78, 5) is 5.34. The summed E-state index contributed by atoms with van der Waals surface area (Å²) in [5.74, 6) is 0.772. The van der Waals surface area contributed by atoms with Gasteiger partial charge in [0.15, 0.2) is 0 Å². The van der Waals surface area contributed by atoms with Gasteiger partial charge in [-0.2, -0.15) is 0 Å². The Morgan fingerprint density at radius 1 is 0.967 bits per heavy atom. The molecule has 3 fully saturated rings. The number of ether oxygens (including phenoxy) is 1. The molecule has 0 saturated carbocycles. The van der Waals surface area contributed by atoms with E-state index in [2.05, 4.69) is 48.1 Å². The third kappa shape index (κ3) is 4.06. The normalized spacial score (nSPS) is 33.6. The molecule has 0 aromatic carbocycles. The molecule has 5 heterocycles. The zero-order chi connectivity index (χ0) is 20.5. The molecule has 162 valence electrons. The van der Waals surface area contributed by atoms with Crippen LogP contribution in [0.2, 0.25) is 0 Å². The van der Waals surface area contributed by atoms with Crippen LogP contribution in [0.4, 0.5) is 0 Å². The highest BCUT2D eigenvalue weighted by Gasteiger charge is 2.33. The summed E-state index contributed by atoms with van der Waals surface area (Å²) in [5.41, 5.74) is 8.75. The summed E-state index contributed by atoms with van der Waals surface area (Å²) in [6.45, 7) is 10.4. The SMILES string of the molecule is CC1=CC2=C3/C(=C/OCC(/C=C4/CCCN5CCCC(C)C45)=C1)CCCN3CCC2. The van der Waals surface area contributed by atoms with Crippen LogP contribution in [0.1, 0.15) is 65.2 Å². The second kappa shape index (κ2) is 8.78. The van der Waals surface area contributed by atoms with E-state index in [1.165, 1.54) is 99.1 Å².